The van der Waals surface area contributed by atoms with Gasteiger partial charge in [0.1, 0.15) is 0 Å². The van der Waals surface area contributed by atoms with Crippen molar-refractivity contribution in [3.8, 4) is 5.75 Å². The van der Waals surface area contributed by atoms with Gasteiger partial charge < -0.3 is 4.74 Å². The summed E-state index contributed by atoms with van der Waals surface area (Å²) in [7, 11) is 1.39. The van der Waals surface area contributed by atoms with E-state index in [4.69, 9.17) is 4.74 Å². The van der Waals surface area contributed by atoms with Crippen LogP contribution in [0.25, 0.3) is 0 Å². The highest BCUT2D eigenvalue weighted by molar-refractivity contribution is 6.05. The minimum Gasteiger partial charge on any atom is -0.494 e. The van der Waals surface area contributed by atoms with Crippen molar-refractivity contribution >= 4 is 11.8 Å². The number of ether oxygens (including phenoxy) is 1. The van der Waals surface area contributed by atoms with Crippen LogP contribution in [0.2, 0.25) is 0 Å². The molecule has 4 nitrogen and oxygen atoms in total. The van der Waals surface area contributed by atoms with Crippen LogP contribution < -0.4 is 4.74 Å². The maximum Gasteiger partial charge on any atom is 0.236 e. The zero-order valence-electron chi connectivity index (χ0n) is 12.8. The number of imide groups is 1. The van der Waals surface area contributed by atoms with Gasteiger partial charge in [0, 0.05) is 6.42 Å². The summed E-state index contributed by atoms with van der Waals surface area (Å²) in [5.41, 5.74) is -0.0924. The molecule has 114 valence electrons. The number of methoxy groups -OCH3 is 1. The Hall–Kier alpha value is -1.91. The molecule has 0 saturated carbocycles. The first-order valence-electron chi connectivity index (χ1n) is 6.97. The fourth-order valence-corrected chi connectivity index (χ4v) is 2.51. The van der Waals surface area contributed by atoms with E-state index in [0.29, 0.717) is 5.56 Å². The molecule has 1 aliphatic heterocycles. The molecule has 1 heterocycles. The van der Waals surface area contributed by atoms with Crippen molar-refractivity contribution in [2.45, 2.75) is 33.7 Å². The summed E-state index contributed by atoms with van der Waals surface area (Å²) in [5, 5.41) is 0. The van der Waals surface area contributed by atoms with E-state index in [2.05, 4.69) is 0 Å². The Kier molecular flexibility index (Phi) is 4.03. The Morgan fingerprint density at radius 3 is 2.52 bits per heavy atom. The molecule has 1 aromatic carbocycles. The topological polar surface area (TPSA) is 46.6 Å². The molecule has 21 heavy (non-hydrogen) atoms. The smallest absolute Gasteiger partial charge is 0.236 e. The fourth-order valence-electron chi connectivity index (χ4n) is 2.51. The number of rotatable bonds is 4. The minimum absolute atomic E-state index is 0.0755. The number of nitrogens with zero attached hydrogens (tertiary/aromatic N) is 1. The van der Waals surface area contributed by atoms with Crippen LogP contribution in [0.15, 0.2) is 18.2 Å². The fraction of sp³-hybridized carbons (Fsp3) is 0.500. The van der Waals surface area contributed by atoms with Gasteiger partial charge in [-0.05, 0) is 30.5 Å². The van der Waals surface area contributed by atoms with Crippen LogP contribution in [0.3, 0.4) is 0 Å². The molecule has 2 amide bonds. The highest BCUT2D eigenvalue weighted by atomic mass is 19.1. The predicted molar refractivity (Wildman–Crippen MR) is 76.1 cm³/mol. The molecule has 1 saturated heterocycles. The first kappa shape index (κ1) is 15.5. The van der Waals surface area contributed by atoms with Crippen LogP contribution in [-0.4, -0.2) is 23.8 Å². The molecular formula is C16H20FNO3. The normalized spacial score (nSPS) is 22.3. The summed E-state index contributed by atoms with van der Waals surface area (Å²) >= 11 is 0. The van der Waals surface area contributed by atoms with Crippen molar-refractivity contribution in [2.75, 3.05) is 7.11 Å². The monoisotopic (exact) mass is 293 g/mol. The molecule has 0 aliphatic carbocycles. The lowest BCUT2D eigenvalue weighted by Gasteiger charge is -2.26. The Labute approximate surface area is 123 Å². The lowest BCUT2D eigenvalue weighted by Crippen LogP contribution is -2.36. The SMILES string of the molecule is COc1ccc(CN2C(=O)CC(C)(C(C)C)C2=O)cc1F. The average Bonchev–Trinajstić information content (AvgIpc) is 2.64. The van der Waals surface area contributed by atoms with E-state index in [1.807, 2.05) is 20.8 Å². The molecule has 1 fully saturated rings. The van der Waals surface area contributed by atoms with E-state index in [0.717, 1.165) is 0 Å². The van der Waals surface area contributed by atoms with Crippen LogP contribution in [0.1, 0.15) is 32.8 Å². The van der Waals surface area contributed by atoms with E-state index < -0.39 is 11.2 Å². The van der Waals surface area contributed by atoms with Gasteiger partial charge in [-0.15, -0.1) is 0 Å². The van der Waals surface area contributed by atoms with E-state index in [9.17, 15) is 14.0 Å². The number of carbonyl (C=O) groups excluding carboxylic acids is 2. The van der Waals surface area contributed by atoms with E-state index in [1.165, 1.54) is 24.1 Å². The van der Waals surface area contributed by atoms with Crippen molar-refractivity contribution in [2.24, 2.45) is 11.3 Å². The van der Waals surface area contributed by atoms with Crippen LogP contribution in [-0.2, 0) is 16.1 Å². The minimum atomic E-state index is -0.665. The third kappa shape index (κ3) is 2.64. The van der Waals surface area contributed by atoms with Crippen LogP contribution >= 0.6 is 0 Å². The molecule has 1 unspecified atom stereocenters. The van der Waals surface area contributed by atoms with Crippen molar-refractivity contribution in [3.63, 3.8) is 0 Å². The van der Waals surface area contributed by atoms with Crippen LogP contribution in [0.4, 0.5) is 4.39 Å². The summed E-state index contributed by atoms with van der Waals surface area (Å²) in [6.07, 6.45) is 0.210. The first-order chi connectivity index (χ1) is 9.79. The number of halogens is 1. The molecule has 5 heteroatoms. The molecule has 0 bridgehead atoms. The van der Waals surface area contributed by atoms with Crippen molar-refractivity contribution in [3.05, 3.63) is 29.6 Å². The van der Waals surface area contributed by atoms with Crippen LogP contribution in [0, 0.1) is 17.2 Å². The average molecular weight is 293 g/mol. The lowest BCUT2D eigenvalue weighted by molar-refractivity contribution is -0.142. The Morgan fingerprint density at radius 1 is 1.38 bits per heavy atom. The number of hydrogen-bond acceptors (Lipinski definition) is 3. The van der Waals surface area contributed by atoms with Gasteiger partial charge in [-0.3, -0.25) is 14.5 Å². The van der Waals surface area contributed by atoms with Gasteiger partial charge in [-0.1, -0.05) is 19.9 Å². The first-order valence-corrected chi connectivity index (χ1v) is 6.97. The standard InChI is InChI=1S/C16H20FNO3/c1-10(2)16(3)8-14(19)18(15(16)20)9-11-5-6-13(21-4)12(17)7-11/h5-7,10H,8-9H2,1-4H3. The number of hydrogen-bond donors (Lipinski definition) is 0. The third-order valence-corrected chi connectivity index (χ3v) is 4.38. The van der Waals surface area contributed by atoms with Gasteiger partial charge in [-0.2, -0.15) is 0 Å². The Bertz CT molecular complexity index is 585. The summed E-state index contributed by atoms with van der Waals surface area (Å²) in [5.74, 6) is -0.664. The highest BCUT2D eigenvalue weighted by Gasteiger charge is 2.49. The predicted octanol–water partition coefficient (Wildman–Crippen LogP) is 2.76. The van der Waals surface area contributed by atoms with Crippen molar-refractivity contribution in [1.82, 2.24) is 4.90 Å². The van der Waals surface area contributed by atoms with Gasteiger partial charge in [0.2, 0.25) is 11.8 Å². The van der Waals surface area contributed by atoms with Crippen molar-refractivity contribution < 1.29 is 18.7 Å². The Balaban J connectivity index is 2.22. The lowest BCUT2D eigenvalue weighted by atomic mass is 9.78. The van der Waals surface area contributed by atoms with Gasteiger partial charge in [0.05, 0.1) is 19.1 Å². The molecule has 1 aromatic rings. The van der Waals surface area contributed by atoms with Gasteiger partial charge in [0.15, 0.2) is 11.6 Å². The second-order valence-corrected chi connectivity index (χ2v) is 6.00. The van der Waals surface area contributed by atoms with E-state index >= 15 is 0 Å². The molecule has 0 N–H and O–H groups in total. The summed E-state index contributed by atoms with van der Waals surface area (Å²) in [6, 6.07) is 4.45. The molecule has 0 aromatic heterocycles. The van der Waals surface area contributed by atoms with Crippen LogP contribution in [0.5, 0.6) is 5.75 Å². The van der Waals surface area contributed by atoms with E-state index in [1.54, 1.807) is 6.07 Å². The number of likely N-dealkylation sites (tertiary alicyclic amines) is 1. The summed E-state index contributed by atoms with van der Waals surface area (Å²) < 4.78 is 18.5. The quantitative estimate of drug-likeness (QED) is 0.802. The van der Waals surface area contributed by atoms with Gasteiger partial charge in [-0.25, -0.2) is 4.39 Å². The molecule has 0 spiro atoms. The molecule has 0 radical (unpaired) electrons. The zero-order chi connectivity index (χ0) is 15.8. The Morgan fingerprint density at radius 2 is 2.05 bits per heavy atom. The molecule has 1 atom stereocenters. The number of carbonyl (C=O) groups is 2. The third-order valence-electron chi connectivity index (χ3n) is 4.38. The number of amides is 2. The molecule has 1 aliphatic rings. The maximum absolute atomic E-state index is 13.7. The summed E-state index contributed by atoms with van der Waals surface area (Å²) in [4.78, 5) is 25.8. The van der Waals surface area contributed by atoms with Gasteiger partial charge >= 0.3 is 0 Å². The molecular weight excluding hydrogens is 273 g/mol. The van der Waals surface area contributed by atoms with E-state index in [-0.39, 0.29) is 36.4 Å². The largest absolute Gasteiger partial charge is 0.494 e. The van der Waals surface area contributed by atoms with Crippen molar-refractivity contribution in [1.29, 1.82) is 0 Å². The number of benzene rings is 1. The zero-order valence-corrected chi connectivity index (χ0v) is 12.8. The highest BCUT2D eigenvalue weighted by Crippen LogP contribution is 2.39. The molecule has 2 rings (SSSR count). The summed E-state index contributed by atoms with van der Waals surface area (Å²) in [6.45, 7) is 5.77. The second-order valence-electron chi connectivity index (χ2n) is 6.00. The second kappa shape index (κ2) is 5.47. The van der Waals surface area contributed by atoms with Gasteiger partial charge in [0.25, 0.3) is 0 Å². The maximum atomic E-state index is 13.7.